The molecule has 0 aliphatic heterocycles. The van der Waals surface area contributed by atoms with Crippen molar-refractivity contribution in [3.63, 3.8) is 0 Å². The molecule has 0 bridgehead atoms. The summed E-state index contributed by atoms with van der Waals surface area (Å²) < 4.78 is 0. The molecular formula is C19H25N5O3. The average molecular weight is 371 g/mol. The standard InChI is InChI=1S/C19H25N5O3/c20-15(11-12-7-8-13-4-1-2-5-14(13)10-12)17(25)24-16(18(26)27)6-3-9-23-19(21)22/h1-2,4-5,7-8,10,15-16H,3,6,9,11,20H2,(H,24,25)(H,26,27)(H4,21,22,23)/t15-,16-/m0/s1. The van der Waals surface area contributed by atoms with Crippen LogP contribution in [0, 0.1) is 0 Å². The number of aliphatic imine (C=N–C) groups is 1. The molecule has 0 aliphatic carbocycles. The molecule has 0 radical (unpaired) electrons. The summed E-state index contributed by atoms with van der Waals surface area (Å²) in [6.07, 6.45) is 0.951. The van der Waals surface area contributed by atoms with Gasteiger partial charge in [-0.3, -0.25) is 9.79 Å². The SMILES string of the molecule is NC(N)=NCCC[C@H](NC(=O)[C@@H](N)Cc1ccc2ccccc2c1)C(=O)O. The predicted octanol–water partition coefficient (Wildman–Crippen LogP) is 0.333. The zero-order chi connectivity index (χ0) is 19.8. The summed E-state index contributed by atoms with van der Waals surface area (Å²) >= 11 is 0. The first-order chi connectivity index (χ1) is 12.9. The van der Waals surface area contributed by atoms with E-state index in [1.54, 1.807) is 0 Å². The molecule has 0 heterocycles. The van der Waals surface area contributed by atoms with Crippen molar-refractivity contribution in [1.82, 2.24) is 5.32 Å². The molecule has 0 fully saturated rings. The highest BCUT2D eigenvalue weighted by Crippen LogP contribution is 2.16. The second-order valence-electron chi connectivity index (χ2n) is 6.34. The lowest BCUT2D eigenvalue weighted by atomic mass is 10.0. The van der Waals surface area contributed by atoms with Crippen molar-refractivity contribution in [3.8, 4) is 0 Å². The monoisotopic (exact) mass is 371 g/mol. The fraction of sp³-hybridized carbons (Fsp3) is 0.316. The van der Waals surface area contributed by atoms with Crippen LogP contribution in [-0.2, 0) is 16.0 Å². The first-order valence-electron chi connectivity index (χ1n) is 8.68. The number of carbonyl (C=O) groups excluding carboxylic acids is 1. The van der Waals surface area contributed by atoms with Crippen LogP contribution in [-0.4, -0.2) is 41.6 Å². The van der Waals surface area contributed by atoms with Gasteiger partial charge in [0, 0.05) is 6.54 Å². The summed E-state index contributed by atoms with van der Waals surface area (Å²) in [5.41, 5.74) is 17.3. The summed E-state index contributed by atoms with van der Waals surface area (Å²) in [6, 6.07) is 11.9. The van der Waals surface area contributed by atoms with E-state index in [1.807, 2.05) is 42.5 Å². The lowest BCUT2D eigenvalue weighted by Crippen LogP contribution is -2.49. The number of guanidine groups is 1. The minimum Gasteiger partial charge on any atom is -0.480 e. The molecule has 0 unspecified atom stereocenters. The van der Waals surface area contributed by atoms with Gasteiger partial charge < -0.3 is 27.6 Å². The molecule has 2 aromatic rings. The molecule has 8 N–H and O–H groups in total. The number of nitrogens with zero attached hydrogens (tertiary/aromatic N) is 1. The van der Waals surface area contributed by atoms with Crippen molar-refractivity contribution in [2.45, 2.75) is 31.3 Å². The van der Waals surface area contributed by atoms with Crippen molar-refractivity contribution >= 4 is 28.6 Å². The Morgan fingerprint density at radius 3 is 2.48 bits per heavy atom. The van der Waals surface area contributed by atoms with Crippen LogP contribution in [0.3, 0.4) is 0 Å². The smallest absolute Gasteiger partial charge is 0.326 e. The maximum atomic E-state index is 12.3. The Labute approximate surface area is 157 Å². The first kappa shape index (κ1) is 20.2. The number of rotatable bonds is 9. The topological polar surface area (TPSA) is 157 Å². The molecular weight excluding hydrogens is 346 g/mol. The highest BCUT2D eigenvalue weighted by Gasteiger charge is 2.23. The molecule has 0 saturated heterocycles. The molecule has 0 aliphatic rings. The van der Waals surface area contributed by atoms with E-state index in [2.05, 4.69) is 10.3 Å². The second kappa shape index (κ2) is 9.54. The van der Waals surface area contributed by atoms with Crippen molar-refractivity contribution in [2.24, 2.45) is 22.2 Å². The van der Waals surface area contributed by atoms with Crippen molar-refractivity contribution in [1.29, 1.82) is 0 Å². The van der Waals surface area contributed by atoms with Crippen LogP contribution in [0.15, 0.2) is 47.5 Å². The number of aliphatic carboxylic acids is 1. The van der Waals surface area contributed by atoms with Crippen LogP contribution >= 0.6 is 0 Å². The van der Waals surface area contributed by atoms with Crippen LogP contribution in [0.4, 0.5) is 0 Å². The number of nitrogens with one attached hydrogen (secondary N) is 1. The van der Waals surface area contributed by atoms with Gasteiger partial charge in [-0.15, -0.1) is 0 Å². The minimum atomic E-state index is -1.12. The van der Waals surface area contributed by atoms with Gasteiger partial charge in [-0.1, -0.05) is 42.5 Å². The van der Waals surface area contributed by atoms with Crippen molar-refractivity contribution < 1.29 is 14.7 Å². The van der Waals surface area contributed by atoms with Gasteiger partial charge in [-0.05, 0) is 35.6 Å². The van der Waals surface area contributed by atoms with Crippen LogP contribution in [0.25, 0.3) is 10.8 Å². The van der Waals surface area contributed by atoms with E-state index in [0.717, 1.165) is 16.3 Å². The summed E-state index contributed by atoms with van der Waals surface area (Å²) in [4.78, 5) is 27.4. The van der Waals surface area contributed by atoms with Crippen LogP contribution < -0.4 is 22.5 Å². The Bertz CT molecular complexity index is 833. The molecule has 27 heavy (non-hydrogen) atoms. The molecule has 1 amide bonds. The van der Waals surface area contributed by atoms with E-state index < -0.39 is 24.0 Å². The summed E-state index contributed by atoms with van der Waals surface area (Å²) in [5, 5.41) is 13.9. The Morgan fingerprint density at radius 1 is 1.11 bits per heavy atom. The Kier molecular flexibility index (Phi) is 7.13. The molecule has 0 aromatic heterocycles. The first-order valence-corrected chi connectivity index (χ1v) is 8.68. The van der Waals surface area contributed by atoms with Crippen LogP contribution in [0.5, 0.6) is 0 Å². The number of carboxylic acid groups (broad SMARTS) is 1. The van der Waals surface area contributed by atoms with Gasteiger partial charge >= 0.3 is 5.97 Å². The van der Waals surface area contributed by atoms with Gasteiger partial charge in [0.05, 0.1) is 6.04 Å². The number of fused-ring (bicyclic) bond motifs is 1. The van der Waals surface area contributed by atoms with Gasteiger partial charge in [-0.25, -0.2) is 4.79 Å². The zero-order valence-corrected chi connectivity index (χ0v) is 15.0. The Balaban J connectivity index is 1.93. The van der Waals surface area contributed by atoms with Gasteiger partial charge in [-0.2, -0.15) is 0 Å². The number of hydrogen-bond donors (Lipinski definition) is 5. The molecule has 8 nitrogen and oxygen atoms in total. The van der Waals surface area contributed by atoms with Crippen molar-refractivity contribution in [2.75, 3.05) is 6.54 Å². The summed E-state index contributed by atoms with van der Waals surface area (Å²) in [5.74, 6) is -1.67. The van der Waals surface area contributed by atoms with Crippen LogP contribution in [0.1, 0.15) is 18.4 Å². The fourth-order valence-corrected chi connectivity index (χ4v) is 2.75. The summed E-state index contributed by atoms with van der Waals surface area (Å²) in [7, 11) is 0. The molecule has 0 spiro atoms. The third kappa shape index (κ3) is 6.27. The van der Waals surface area contributed by atoms with E-state index in [0.29, 0.717) is 19.4 Å². The van der Waals surface area contributed by atoms with Crippen LogP contribution in [0.2, 0.25) is 0 Å². The third-order valence-electron chi connectivity index (χ3n) is 4.17. The zero-order valence-electron chi connectivity index (χ0n) is 15.0. The number of carbonyl (C=O) groups is 2. The van der Waals surface area contributed by atoms with E-state index in [9.17, 15) is 14.7 Å². The van der Waals surface area contributed by atoms with E-state index >= 15 is 0 Å². The highest BCUT2D eigenvalue weighted by molar-refractivity contribution is 5.87. The average Bonchev–Trinajstić information content (AvgIpc) is 2.63. The molecule has 2 atom stereocenters. The largest absolute Gasteiger partial charge is 0.480 e. The molecule has 144 valence electrons. The van der Waals surface area contributed by atoms with Gasteiger partial charge in [0.25, 0.3) is 0 Å². The lowest BCUT2D eigenvalue weighted by molar-refractivity contribution is -0.142. The van der Waals surface area contributed by atoms with Gasteiger partial charge in [0.2, 0.25) is 5.91 Å². The number of nitrogens with two attached hydrogens (primary N) is 3. The normalized spacial score (nSPS) is 12.9. The Hall–Kier alpha value is -3.13. The lowest BCUT2D eigenvalue weighted by Gasteiger charge is -2.18. The maximum Gasteiger partial charge on any atom is 0.326 e. The van der Waals surface area contributed by atoms with E-state index in [-0.39, 0.29) is 12.4 Å². The van der Waals surface area contributed by atoms with Gasteiger partial charge in [0.1, 0.15) is 6.04 Å². The number of amides is 1. The number of carboxylic acids is 1. The maximum absolute atomic E-state index is 12.3. The third-order valence-corrected chi connectivity index (χ3v) is 4.17. The molecule has 2 rings (SSSR count). The Morgan fingerprint density at radius 2 is 1.81 bits per heavy atom. The van der Waals surface area contributed by atoms with E-state index in [4.69, 9.17) is 17.2 Å². The predicted molar refractivity (Wildman–Crippen MR) is 105 cm³/mol. The second-order valence-corrected chi connectivity index (χ2v) is 6.34. The fourth-order valence-electron chi connectivity index (χ4n) is 2.75. The van der Waals surface area contributed by atoms with Gasteiger partial charge in [0.15, 0.2) is 5.96 Å². The van der Waals surface area contributed by atoms with Crippen molar-refractivity contribution in [3.05, 3.63) is 48.0 Å². The number of benzene rings is 2. The highest BCUT2D eigenvalue weighted by atomic mass is 16.4. The summed E-state index contributed by atoms with van der Waals surface area (Å²) in [6.45, 7) is 0.297. The minimum absolute atomic E-state index is 0.0525. The molecule has 0 saturated carbocycles. The molecule has 8 heteroatoms. The number of hydrogen-bond acceptors (Lipinski definition) is 4. The van der Waals surface area contributed by atoms with E-state index in [1.165, 1.54) is 0 Å². The molecule has 2 aromatic carbocycles. The quantitative estimate of drug-likeness (QED) is 0.243.